The van der Waals surface area contributed by atoms with Gasteiger partial charge in [-0.1, -0.05) is 30.7 Å². The molecule has 0 aliphatic carbocycles. The summed E-state index contributed by atoms with van der Waals surface area (Å²) in [4.78, 5) is 25.2. The number of hydrogen-bond acceptors (Lipinski definition) is 2. The Hall–Kier alpha value is -1.35. The maximum absolute atomic E-state index is 11.8. The number of halogens is 1. The Labute approximate surface area is 112 Å². The van der Waals surface area contributed by atoms with Crippen molar-refractivity contribution in [3.05, 3.63) is 34.9 Å². The molecule has 0 radical (unpaired) electrons. The van der Waals surface area contributed by atoms with Crippen molar-refractivity contribution >= 4 is 23.3 Å². The van der Waals surface area contributed by atoms with E-state index in [1.807, 2.05) is 31.2 Å². The Morgan fingerprint density at radius 3 is 2.67 bits per heavy atom. The minimum absolute atomic E-state index is 0.0664. The Balaban J connectivity index is 2.00. The van der Waals surface area contributed by atoms with Gasteiger partial charge in [-0.3, -0.25) is 9.59 Å². The maximum atomic E-state index is 11.8. The Morgan fingerprint density at radius 2 is 2.06 bits per heavy atom. The van der Waals surface area contributed by atoms with Crippen molar-refractivity contribution in [1.82, 2.24) is 4.90 Å². The molecular formula is C14H16ClNO2. The van der Waals surface area contributed by atoms with Crippen molar-refractivity contribution in [2.45, 2.75) is 26.3 Å². The summed E-state index contributed by atoms with van der Waals surface area (Å²) in [7, 11) is 0. The first-order valence-corrected chi connectivity index (χ1v) is 6.53. The van der Waals surface area contributed by atoms with Crippen LogP contribution in [0.2, 0.25) is 5.02 Å². The number of benzene rings is 1. The summed E-state index contributed by atoms with van der Waals surface area (Å²) in [5.74, 6) is 0.133. The summed E-state index contributed by atoms with van der Waals surface area (Å²) in [6.45, 7) is 2.95. The van der Waals surface area contributed by atoms with E-state index in [0.717, 1.165) is 5.56 Å². The van der Waals surface area contributed by atoms with Gasteiger partial charge in [-0.2, -0.15) is 0 Å². The van der Waals surface area contributed by atoms with Crippen LogP contribution in [0.3, 0.4) is 0 Å². The van der Waals surface area contributed by atoms with Gasteiger partial charge in [0.2, 0.25) is 5.91 Å². The second-order valence-electron chi connectivity index (χ2n) is 4.62. The molecule has 0 N–H and O–H groups in total. The Kier molecular flexibility index (Phi) is 4.02. The molecule has 4 heteroatoms. The van der Waals surface area contributed by atoms with Crippen molar-refractivity contribution in [2.24, 2.45) is 5.92 Å². The largest absolute Gasteiger partial charge is 0.338 e. The summed E-state index contributed by atoms with van der Waals surface area (Å²) in [6.07, 6.45) is 0.868. The number of amides is 1. The monoisotopic (exact) mass is 265 g/mol. The van der Waals surface area contributed by atoms with E-state index in [9.17, 15) is 9.59 Å². The van der Waals surface area contributed by atoms with Gasteiger partial charge in [0.1, 0.15) is 5.78 Å². The van der Waals surface area contributed by atoms with Gasteiger partial charge in [0, 0.05) is 36.9 Å². The van der Waals surface area contributed by atoms with Gasteiger partial charge in [0.25, 0.3) is 0 Å². The van der Waals surface area contributed by atoms with E-state index < -0.39 is 0 Å². The number of nitrogens with zero attached hydrogens (tertiary/aromatic N) is 1. The van der Waals surface area contributed by atoms with Crippen LogP contribution >= 0.6 is 11.6 Å². The standard InChI is InChI=1S/C14H16ClNO2/c1-2-13(17)11-7-14(18)16(9-11)8-10-3-5-12(15)6-4-10/h3-6,11H,2,7-9H2,1H3. The molecule has 18 heavy (non-hydrogen) atoms. The average molecular weight is 266 g/mol. The van der Waals surface area contributed by atoms with Crippen LogP contribution in [0.4, 0.5) is 0 Å². The van der Waals surface area contributed by atoms with Crippen molar-refractivity contribution in [1.29, 1.82) is 0 Å². The van der Waals surface area contributed by atoms with E-state index in [-0.39, 0.29) is 17.6 Å². The van der Waals surface area contributed by atoms with Crippen LogP contribution in [0, 0.1) is 5.92 Å². The summed E-state index contributed by atoms with van der Waals surface area (Å²) >= 11 is 5.82. The van der Waals surface area contributed by atoms with Gasteiger partial charge in [-0.05, 0) is 17.7 Å². The Morgan fingerprint density at radius 1 is 1.39 bits per heavy atom. The number of carbonyl (C=O) groups is 2. The quantitative estimate of drug-likeness (QED) is 0.839. The lowest BCUT2D eigenvalue weighted by Crippen LogP contribution is -2.25. The normalized spacial score (nSPS) is 19.3. The summed E-state index contributed by atoms with van der Waals surface area (Å²) in [5.41, 5.74) is 1.04. The van der Waals surface area contributed by atoms with Gasteiger partial charge in [-0.15, -0.1) is 0 Å². The number of Topliss-reactive ketones (excluding diaryl/α,β-unsaturated/α-hetero) is 1. The molecule has 1 heterocycles. The molecule has 1 aromatic rings. The molecule has 1 aromatic carbocycles. The second kappa shape index (κ2) is 5.53. The zero-order valence-electron chi connectivity index (χ0n) is 10.4. The molecule has 0 bridgehead atoms. The van der Waals surface area contributed by atoms with Crippen LogP contribution in [0.25, 0.3) is 0 Å². The van der Waals surface area contributed by atoms with E-state index >= 15 is 0 Å². The van der Waals surface area contributed by atoms with E-state index in [0.29, 0.717) is 31.0 Å². The van der Waals surface area contributed by atoms with E-state index in [1.54, 1.807) is 4.90 Å². The summed E-state index contributed by atoms with van der Waals surface area (Å²) in [5, 5.41) is 0.686. The van der Waals surface area contributed by atoms with E-state index in [2.05, 4.69) is 0 Å². The topological polar surface area (TPSA) is 37.4 Å². The lowest BCUT2D eigenvalue weighted by atomic mass is 10.0. The van der Waals surface area contributed by atoms with Crippen LogP contribution < -0.4 is 0 Å². The molecule has 0 spiro atoms. The lowest BCUT2D eigenvalue weighted by molar-refractivity contribution is -0.128. The zero-order chi connectivity index (χ0) is 13.1. The predicted molar refractivity (Wildman–Crippen MR) is 70.3 cm³/mol. The SMILES string of the molecule is CCC(=O)C1CC(=O)N(Cc2ccc(Cl)cc2)C1. The Bertz CT molecular complexity index is 455. The molecule has 1 unspecified atom stereocenters. The van der Waals surface area contributed by atoms with Gasteiger partial charge >= 0.3 is 0 Å². The smallest absolute Gasteiger partial charge is 0.223 e. The molecule has 1 amide bonds. The molecule has 3 nitrogen and oxygen atoms in total. The first kappa shape index (κ1) is 13.1. The molecule has 1 aliphatic rings. The molecule has 0 saturated carbocycles. The van der Waals surface area contributed by atoms with Crippen LogP contribution in [0.5, 0.6) is 0 Å². The third-order valence-corrected chi connectivity index (χ3v) is 3.56. The molecular weight excluding hydrogens is 250 g/mol. The molecule has 1 fully saturated rings. The number of ketones is 1. The fraction of sp³-hybridized carbons (Fsp3) is 0.429. The van der Waals surface area contributed by atoms with Crippen molar-refractivity contribution in [3.63, 3.8) is 0 Å². The fourth-order valence-electron chi connectivity index (χ4n) is 2.24. The number of likely N-dealkylation sites (tertiary alicyclic amines) is 1. The highest BCUT2D eigenvalue weighted by atomic mass is 35.5. The summed E-state index contributed by atoms with van der Waals surface area (Å²) in [6, 6.07) is 7.44. The van der Waals surface area contributed by atoms with Gasteiger partial charge in [0.15, 0.2) is 0 Å². The second-order valence-corrected chi connectivity index (χ2v) is 5.06. The molecule has 1 saturated heterocycles. The van der Waals surface area contributed by atoms with E-state index in [4.69, 9.17) is 11.6 Å². The lowest BCUT2D eigenvalue weighted by Gasteiger charge is -2.16. The van der Waals surface area contributed by atoms with Crippen molar-refractivity contribution < 1.29 is 9.59 Å². The molecule has 2 rings (SSSR count). The predicted octanol–water partition coefficient (Wildman–Crippen LogP) is 2.67. The zero-order valence-corrected chi connectivity index (χ0v) is 11.1. The molecule has 1 aliphatic heterocycles. The number of hydrogen-bond donors (Lipinski definition) is 0. The maximum Gasteiger partial charge on any atom is 0.223 e. The highest BCUT2D eigenvalue weighted by Crippen LogP contribution is 2.22. The third-order valence-electron chi connectivity index (χ3n) is 3.30. The minimum Gasteiger partial charge on any atom is -0.338 e. The van der Waals surface area contributed by atoms with Crippen LogP contribution in [-0.2, 0) is 16.1 Å². The molecule has 96 valence electrons. The minimum atomic E-state index is -0.116. The number of rotatable bonds is 4. The first-order chi connectivity index (χ1) is 8.60. The van der Waals surface area contributed by atoms with Crippen LogP contribution in [0.1, 0.15) is 25.3 Å². The summed E-state index contributed by atoms with van der Waals surface area (Å²) < 4.78 is 0. The van der Waals surface area contributed by atoms with Crippen LogP contribution in [0.15, 0.2) is 24.3 Å². The third kappa shape index (κ3) is 2.91. The highest BCUT2D eigenvalue weighted by Gasteiger charge is 2.32. The highest BCUT2D eigenvalue weighted by molar-refractivity contribution is 6.30. The first-order valence-electron chi connectivity index (χ1n) is 6.15. The van der Waals surface area contributed by atoms with Gasteiger partial charge in [-0.25, -0.2) is 0 Å². The molecule has 0 aromatic heterocycles. The number of carbonyl (C=O) groups excluding carboxylic acids is 2. The van der Waals surface area contributed by atoms with Crippen molar-refractivity contribution in [2.75, 3.05) is 6.54 Å². The fourth-order valence-corrected chi connectivity index (χ4v) is 2.37. The van der Waals surface area contributed by atoms with Crippen molar-refractivity contribution in [3.8, 4) is 0 Å². The van der Waals surface area contributed by atoms with Crippen LogP contribution in [-0.4, -0.2) is 23.1 Å². The van der Waals surface area contributed by atoms with E-state index in [1.165, 1.54) is 0 Å². The van der Waals surface area contributed by atoms with Gasteiger partial charge < -0.3 is 4.90 Å². The van der Waals surface area contributed by atoms with Gasteiger partial charge in [0.05, 0.1) is 0 Å². The average Bonchev–Trinajstić information content (AvgIpc) is 2.73. The molecule has 1 atom stereocenters.